The fourth-order valence-electron chi connectivity index (χ4n) is 1.80. The number of esters is 1. The van der Waals surface area contributed by atoms with Crippen LogP contribution < -0.4 is 0 Å². The Hall–Kier alpha value is -1.72. The summed E-state index contributed by atoms with van der Waals surface area (Å²) in [5.74, 6) is -0.391. The van der Waals surface area contributed by atoms with Crippen LogP contribution in [-0.2, 0) is 4.74 Å². The second kappa shape index (κ2) is 8.54. The third kappa shape index (κ3) is 8.22. The fraction of sp³-hybridized carbons (Fsp3) is 0.533. The lowest BCUT2D eigenvalue weighted by Gasteiger charge is -2.06. The van der Waals surface area contributed by atoms with E-state index in [0.717, 1.165) is 6.42 Å². The van der Waals surface area contributed by atoms with Gasteiger partial charge in [-0.15, -0.1) is 0 Å². The molecular formula is C15H19F3O3. The first-order chi connectivity index (χ1) is 9.88. The number of benzene rings is 1. The van der Waals surface area contributed by atoms with Crippen molar-refractivity contribution in [3.8, 4) is 5.75 Å². The van der Waals surface area contributed by atoms with Crippen LogP contribution in [0.4, 0.5) is 13.2 Å². The van der Waals surface area contributed by atoms with E-state index < -0.39 is 18.6 Å². The van der Waals surface area contributed by atoms with E-state index in [4.69, 9.17) is 9.84 Å². The molecule has 21 heavy (non-hydrogen) atoms. The first-order valence-corrected chi connectivity index (χ1v) is 6.91. The molecule has 3 nitrogen and oxygen atoms in total. The summed E-state index contributed by atoms with van der Waals surface area (Å²) in [6.45, 7) is 0.249. The second-order valence-electron chi connectivity index (χ2n) is 4.82. The second-order valence-corrected chi connectivity index (χ2v) is 4.82. The quantitative estimate of drug-likeness (QED) is 0.570. The zero-order valence-corrected chi connectivity index (χ0v) is 11.7. The van der Waals surface area contributed by atoms with Gasteiger partial charge >= 0.3 is 12.1 Å². The summed E-state index contributed by atoms with van der Waals surface area (Å²) in [5, 5.41) is 9.08. The predicted molar refractivity (Wildman–Crippen MR) is 72.1 cm³/mol. The minimum absolute atomic E-state index is 0.0745. The van der Waals surface area contributed by atoms with E-state index in [1.807, 2.05) is 0 Å². The number of rotatable bonds is 8. The summed E-state index contributed by atoms with van der Waals surface area (Å²) in [5.41, 5.74) is 0.359. The summed E-state index contributed by atoms with van der Waals surface area (Å²) < 4.78 is 40.7. The lowest BCUT2D eigenvalue weighted by Crippen LogP contribution is -2.07. The highest BCUT2D eigenvalue weighted by molar-refractivity contribution is 5.89. The summed E-state index contributed by atoms with van der Waals surface area (Å²) in [6.07, 6.45) is -2.05. The minimum Gasteiger partial charge on any atom is -0.508 e. The number of hydrogen-bond acceptors (Lipinski definition) is 3. The summed E-state index contributed by atoms with van der Waals surface area (Å²) in [4.78, 5) is 11.6. The highest BCUT2D eigenvalue weighted by Crippen LogP contribution is 2.23. The largest absolute Gasteiger partial charge is 0.508 e. The van der Waals surface area contributed by atoms with E-state index in [-0.39, 0.29) is 18.8 Å². The predicted octanol–water partition coefficient (Wildman–Crippen LogP) is 4.45. The molecule has 0 radical (unpaired) electrons. The first kappa shape index (κ1) is 17.3. The monoisotopic (exact) mass is 304 g/mol. The van der Waals surface area contributed by atoms with E-state index in [0.29, 0.717) is 24.8 Å². The molecule has 1 aromatic carbocycles. The number of carbonyl (C=O) groups excluding carboxylic acids is 1. The Labute approximate surface area is 121 Å². The van der Waals surface area contributed by atoms with E-state index in [1.165, 1.54) is 24.3 Å². The molecule has 1 N–H and O–H groups in total. The van der Waals surface area contributed by atoms with Gasteiger partial charge in [0.25, 0.3) is 0 Å². The summed E-state index contributed by atoms with van der Waals surface area (Å²) >= 11 is 0. The summed E-state index contributed by atoms with van der Waals surface area (Å²) in [7, 11) is 0. The normalized spacial score (nSPS) is 11.4. The van der Waals surface area contributed by atoms with Gasteiger partial charge in [-0.05, 0) is 37.1 Å². The van der Waals surface area contributed by atoms with Gasteiger partial charge in [0, 0.05) is 6.42 Å². The van der Waals surface area contributed by atoms with Crippen LogP contribution in [-0.4, -0.2) is 23.9 Å². The minimum atomic E-state index is -4.07. The maximum atomic E-state index is 11.9. The van der Waals surface area contributed by atoms with Gasteiger partial charge in [0.15, 0.2) is 0 Å². The maximum absolute atomic E-state index is 11.9. The molecule has 0 atom stereocenters. The number of alkyl halides is 3. The molecule has 0 spiro atoms. The molecule has 0 aliphatic rings. The molecule has 1 aromatic rings. The van der Waals surface area contributed by atoms with Crippen molar-refractivity contribution in [2.75, 3.05) is 6.61 Å². The molecule has 0 unspecified atom stereocenters. The number of unbranched alkanes of at least 4 members (excludes halogenated alkanes) is 4. The molecule has 0 aliphatic carbocycles. The maximum Gasteiger partial charge on any atom is 0.389 e. The molecule has 0 saturated carbocycles. The van der Waals surface area contributed by atoms with Crippen LogP contribution in [0.5, 0.6) is 5.75 Å². The van der Waals surface area contributed by atoms with Gasteiger partial charge in [-0.3, -0.25) is 0 Å². The highest BCUT2D eigenvalue weighted by atomic mass is 19.4. The number of phenols is 1. The average Bonchev–Trinajstić information content (AvgIpc) is 2.41. The van der Waals surface area contributed by atoms with Crippen LogP contribution in [0.15, 0.2) is 24.3 Å². The Morgan fingerprint density at radius 3 is 2.19 bits per heavy atom. The Morgan fingerprint density at radius 2 is 1.57 bits per heavy atom. The zero-order valence-electron chi connectivity index (χ0n) is 11.7. The van der Waals surface area contributed by atoms with E-state index >= 15 is 0 Å². The van der Waals surface area contributed by atoms with Crippen LogP contribution in [0, 0.1) is 0 Å². The molecule has 0 saturated heterocycles. The smallest absolute Gasteiger partial charge is 0.389 e. The molecular weight excluding hydrogens is 285 g/mol. The van der Waals surface area contributed by atoms with Gasteiger partial charge in [0.2, 0.25) is 0 Å². The number of phenolic OH excluding ortho intramolecular Hbond substituents is 1. The van der Waals surface area contributed by atoms with Gasteiger partial charge in [0.05, 0.1) is 12.2 Å². The number of carbonyl (C=O) groups is 1. The van der Waals surface area contributed by atoms with Crippen molar-refractivity contribution < 1.29 is 27.8 Å². The molecule has 0 fully saturated rings. The van der Waals surface area contributed by atoms with Crippen molar-refractivity contribution in [3.05, 3.63) is 29.8 Å². The molecule has 0 heterocycles. The van der Waals surface area contributed by atoms with Crippen molar-refractivity contribution >= 4 is 5.97 Å². The van der Waals surface area contributed by atoms with E-state index in [2.05, 4.69) is 0 Å². The van der Waals surface area contributed by atoms with Crippen molar-refractivity contribution in [2.45, 2.75) is 44.7 Å². The lowest BCUT2D eigenvalue weighted by molar-refractivity contribution is -0.135. The third-order valence-corrected chi connectivity index (χ3v) is 2.94. The fourth-order valence-corrected chi connectivity index (χ4v) is 1.80. The number of ether oxygens (including phenoxy) is 1. The molecule has 0 aliphatic heterocycles. The van der Waals surface area contributed by atoms with E-state index in [1.54, 1.807) is 0 Å². The van der Waals surface area contributed by atoms with Crippen LogP contribution in [0.25, 0.3) is 0 Å². The Morgan fingerprint density at radius 1 is 1.00 bits per heavy atom. The van der Waals surface area contributed by atoms with Crippen molar-refractivity contribution in [3.63, 3.8) is 0 Å². The number of halogens is 3. The Bertz CT molecular complexity index is 427. The van der Waals surface area contributed by atoms with Gasteiger partial charge in [0.1, 0.15) is 5.75 Å². The molecule has 1 rings (SSSR count). The molecule has 0 bridgehead atoms. The van der Waals surface area contributed by atoms with Gasteiger partial charge in [-0.2, -0.15) is 13.2 Å². The van der Waals surface area contributed by atoms with Crippen LogP contribution in [0.1, 0.15) is 48.9 Å². The molecule has 118 valence electrons. The number of hydrogen-bond donors (Lipinski definition) is 1. The lowest BCUT2D eigenvalue weighted by atomic mass is 10.1. The highest BCUT2D eigenvalue weighted by Gasteiger charge is 2.25. The van der Waals surface area contributed by atoms with Crippen molar-refractivity contribution in [1.82, 2.24) is 0 Å². The van der Waals surface area contributed by atoms with Crippen LogP contribution in [0.2, 0.25) is 0 Å². The van der Waals surface area contributed by atoms with Crippen LogP contribution in [0.3, 0.4) is 0 Å². The van der Waals surface area contributed by atoms with Crippen molar-refractivity contribution in [2.24, 2.45) is 0 Å². The third-order valence-electron chi connectivity index (χ3n) is 2.94. The van der Waals surface area contributed by atoms with Crippen molar-refractivity contribution in [1.29, 1.82) is 0 Å². The molecule has 0 amide bonds. The van der Waals surface area contributed by atoms with E-state index in [9.17, 15) is 18.0 Å². The van der Waals surface area contributed by atoms with Gasteiger partial charge in [-0.1, -0.05) is 19.3 Å². The Balaban J connectivity index is 2.04. The Kier molecular flexibility index (Phi) is 7.05. The number of aromatic hydroxyl groups is 1. The van der Waals surface area contributed by atoms with Gasteiger partial charge < -0.3 is 9.84 Å². The molecule has 6 heteroatoms. The van der Waals surface area contributed by atoms with Gasteiger partial charge in [-0.25, -0.2) is 4.79 Å². The summed E-state index contributed by atoms with van der Waals surface area (Å²) in [6, 6.07) is 5.73. The first-order valence-electron chi connectivity index (χ1n) is 6.91. The topological polar surface area (TPSA) is 46.5 Å². The average molecular weight is 304 g/mol. The standard InChI is InChI=1S/C15H19F3O3/c16-15(17,18)10-4-2-1-3-5-11-21-14(20)12-6-8-13(19)9-7-12/h6-9,19H,1-5,10-11H2. The zero-order chi connectivity index (χ0) is 15.7. The SMILES string of the molecule is O=C(OCCCCCCCC(F)(F)F)c1ccc(O)cc1. The van der Waals surface area contributed by atoms with Crippen LogP contribution >= 0.6 is 0 Å². The molecule has 0 aromatic heterocycles.